The predicted octanol–water partition coefficient (Wildman–Crippen LogP) is 6.09. The minimum atomic E-state index is -0.797. The van der Waals surface area contributed by atoms with E-state index in [2.05, 4.69) is 60.0 Å². The van der Waals surface area contributed by atoms with Gasteiger partial charge in [0.05, 0.1) is 11.0 Å². The molecule has 2 bridgehead atoms. The second kappa shape index (κ2) is 10.9. The molecule has 3 fully saturated rings. The number of benzene rings is 2. The Bertz CT molecular complexity index is 1230. The summed E-state index contributed by atoms with van der Waals surface area (Å²) >= 11 is 0. The molecule has 3 aliphatic carbocycles. The van der Waals surface area contributed by atoms with Gasteiger partial charge in [0.1, 0.15) is 6.10 Å². The number of ether oxygens (including phenoxy) is 1. The number of hydrogen-bond acceptors (Lipinski definition) is 5. The van der Waals surface area contributed by atoms with E-state index in [0.29, 0.717) is 11.7 Å². The van der Waals surface area contributed by atoms with Crippen LogP contribution in [0.15, 0.2) is 42.5 Å². The number of rotatable bonds is 12. The van der Waals surface area contributed by atoms with Gasteiger partial charge in [-0.3, -0.25) is 9.80 Å². The number of hydrogen-bond donors (Lipinski definition) is 2. The van der Waals surface area contributed by atoms with Gasteiger partial charge in [-0.1, -0.05) is 63.1 Å². The maximum absolute atomic E-state index is 12.8. The van der Waals surface area contributed by atoms with E-state index in [1.54, 1.807) is 0 Å². The summed E-state index contributed by atoms with van der Waals surface area (Å²) in [5, 5.41) is 23.8. The lowest BCUT2D eigenvalue weighted by Crippen LogP contribution is -2.78. The molecule has 0 aromatic heterocycles. The second-order valence-corrected chi connectivity index (χ2v) is 14.4. The Labute approximate surface area is 246 Å². The maximum Gasteiger partial charge on any atom is 0.165 e. The van der Waals surface area contributed by atoms with Crippen LogP contribution >= 0.6 is 0 Å². The Morgan fingerprint density at radius 1 is 1.00 bits per heavy atom. The van der Waals surface area contributed by atoms with Crippen LogP contribution < -0.4 is 4.74 Å². The van der Waals surface area contributed by atoms with Gasteiger partial charge in [0.2, 0.25) is 0 Å². The summed E-state index contributed by atoms with van der Waals surface area (Å²) < 4.78 is 6.90. The SMILES string of the molecule is CC(C)CN(CCCCCCc1ccccc1)[C@@H]1CC[C@@]2(O)[C@H]3Cc4ccc(O)c5c4[C@@]2(CCN3CC2CC2)[C@H]1O5. The number of piperidine rings is 1. The first-order valence-corrected chi connectivity index (χ1v) is 16.7. The van der Waals surface area contributed by atoms with Crippen LogP contribution in [0.4, 0.5) is 0 Å². The summed E-state index contributed by atoms with van der Waals surface area (Å²) in [5.41, 5.74) is 2.67. The molecule has 5 heteroatoms. The first-order chi connectivity index (χ1) is 19.9. The third-order valence-electron chi connectivity index (χ3n) is 11.3. The Kier molecular flexibility index (Phi) is 7.36. The topological polar surface area (TPSA) is 56.2 Å². The van der Waals surface area contributed by atoms with Gasteiger partial charge in [-0.15, -0.1) is 0 Å². The molecule has 0 radical (unpaired) electrons. The quantitative estimate of drug-likeness (QED) is 0.309. The van der Waals surface area contributed by atoms with Crippen molar-refractivity contribution in [3.05, 3.63) is 59.2 Å². The van der Waals surface area contributed by atoms with Crippen molar-refractivity contribution in [2.75, 3.05) is 26.2 Å². The number of phenolic OH excluding ortho intramolecular Hbond substituents is 1. The molecule has 2 heterocycles. The van der Waals surface area contributed by atoms with Gasteiger partial charge < -0.3 is 14.9 Å². The molecule has 7 rings (SSSR count). The normalized spacial score (nSPS) is 31.9. The average Bonchev–Trinajstić information content (AvgIpc) is 3.70. The maximum atomic E-state index is 12.8. The third-order valence-corrected chi connectivity index (χ3v) is 11.3. The van der Waals surface area contributed by atoms with Crippen LogP contribution in [0.3, 0.4) is 0 Å². The highest BCUT2D eigenvalue weighted by Gasteiger charge is 2.73. The smallest absolute Gasteiger partial charge is 0.165 e. The molecule has 2 aromatic rings. The minimum absolute atomic E-state index is 0.106. The van der Waals surface area contributed by atoms with Crippen molar-refractivity contribution in [1.82, 2.24) is 9.80 Å². The Morgan fingerprint density at radius 2 is 1.80 bits per heavy atom. The summed E-state index contributed by atoms with van der Waals surface area (Å²) in [6.45, 7) is 8.93. The summed E-state index contributed by atoms with van der Waals surface area (Å²) in [5.74, 6) is 2.31. The molecule has 5 nitrogen and oxygen atoms in total. The van der Waals surface area contributed by atoms with E-state index in [-0.39, 0.29) is 23.9 Å². The minimum Gasteiger partial charge on any atom is -0.504 e. The number of phenols is 1. The molecule has 222 valence electrons. The van der Waals surface area contributed by atoms with Gasteiger partial charge in [-0.25, -0.2) is 0 Å². The average molecular weight is 559 g/mol. The fourth-order valence-electron chi connectivity index (χ4n) is 9.33. The highest BCUT2D eigenvalue weighted by molar-refractivity contribution is 5.62. The molecule has 1 spiro atoms. The summed E-state index contributed by atoms with van der Waals surface area (Å²) in [7, 11) is 0. The van der Waals surface area contributed by atoms with E-state index < -0.39 is 11.0 Å². The van der Waals surface area contributed by atoms with Gasteiger partial charge in [0.25, 0.3) is 0 Å². The monoisotopic (exact) mass is 558 g/mol. The molecule has 1 saturated heterocycles. The fraction of sp³-hybridized carbons (Fsp3) is 0.667. The van der Waals surface area contributed by atoms with Gasteiger partial charge in [-0.2, -0.15) is 0 Å². The summed E-state index contributed by atoms with van der Waals surface area (Å²) in [6, 6.07) is 15.2. The van der Waals surface area contributed by atoms with Crippen LogP contribution in [0.5, 0.6) is 11.5 Å². The van der Waals surface area contributed by atoms with E-state index in [1.807, 2.05) is 6.07 Å². The molecule has 2 aliphatic heterocycles. The molecule has 2 saturated carbocycles. The number of aryl methyl sites for hydroxylation is 1. The van der Waals surface area contributed by atoms with E-state index in [1.165, 1.54) is 56.1 Å². The van der Waals surface area contributed by atoms with Gasteiger partial charge >= 0.3 is 0 Å². The first kappa shape index (κ1) is 27.7. The Morgan fingerprint density at radius 3 is 2.59 bits per heavy atom. The Balaban J connectivity index is 1.11. The second-order valence-electron chi connectivity index (χ2n) is 14.4. The molecule has 5 aliphatic rings. The molecule has 2 N–H and O–H groups in total. The van der Waals surface area contributed by atoms with Gasteiger partial charge in [0, 0.05) is 30.7 Å². The van der Waals surface area contributed by atoms with Crippen molar-refractivity contribution in [3.63, 3.8) is 0 Å². The first-order valence-electron chi connectivity index (χ1n) is 16.7. The largest absolute Gasteiger partial charge is 0.504 e. The van der Waals surface area contributed by atoms with Crippen LogP contribution in [0.1, 0.15) is 88.3 Å². The number of nitrogens with zero attached hydrogens (tertiary/aromatic N) is 2. The fourth-order valence-corrected chi connectivity index (χ4v) is 9.33. The van der Waals surface area contributed by atoms with Crippen molar-refractivity contribution in [1.29, 1.82) is 0 Å². The van der Waals surface area contributed by atoms with Crippen LogP contribution in [0, 0.1) is 11.8 Å². The standard InChI is InChI=1S/C36H50N2O3/c1-25(2)23-37(20-9-4-3-6-10-26-11-7-5-8-12-26)29-17-18-36(40)31-22-28-15-16-30(39)33-32(28)35(36,34(29)41-33)19-21-38(31)24-27-13-14-27/h5,7-8,11-12,15-16,25,27,29,31,34,39-40H,3-4,6,9-10,13-14,17-24H2,1-2H3/t29-,31-,34+,35+,36-/m1/s1. The highest BCUT2D eigenvalue weighted by Crippen LogP contribution is 2.66. The van der Waals surface area contributed by atoms with Crippen molar-refractivity contribution >= 4 is 0 Å². The van der Waals surface area contributed by atoms with Crippen molar-refractivity contribution in [2.45, 2.75) is 114 Å². The number of unbranched alkanes of at least 4 members (excludes halogenated alkanes) is 3. The Hall–Kier alpha value is -2.08. The van der Waals surface area contributed by atoms with E-state index in [9.17, 15) is 10.2 Å². The van der Waals surface area contributed by atoms with E-state index in [0.717, 1.165) is 63.3 Å². The van der Waals surface area contributed by atoms with Gasteiger partial charge in [-0.05, 0) is 99.9 Å². The molecule has 0 amide bonds. The van der Waals surface area contributed by atoms with Crippen molar-refractivity contribution < 1.29 is 14.9 Å². The van der Waals surface area contributed by atoms with Gasteiger partial charge in [0.15, 0.2) is 11.5 Å². The third kappa shape index (κ3) is 4.71. The van der Waals surface area contributed by atoms with Crippen LogP contribution in [-0.4, -0.2) is 70.0 Å². The number of likely N-dealkylation sites (tertiary alicyclic amines) is 1. The predicted molar refractivity (Wildman–Crippen MR) is 164 cm³/mol. The van der Waals surface area contributed by atoms with Crippen molar-refractivity contribution in [3.8, 4) is 11.5 Å². The highest BCUT2D eigenvalue weighted by atomic mass is 16.5. The number of aromatic hydroxyl groups is 1. The molecule has 0 unspecified atom stereocenters. The zero-order valence-corrected chi connectivity index (χ0v) is 25.2. The zero-order valence-electron chi connectivity index (χ0n) is 25.2. The zero-order chi connectivity index (χ0) is 28.2. The molecule has 2 aromatic carbocycles. The van der Waals surface area contributed by atoms with Crippen LogP contribution in [0.25, 0.3) is 0 Å². The van der Waals surface area contributed by atoms with E-state index >= 15 is 0 Å². The number of aliphatic hydroxyl groups is 1. The van der Waals surface area contributed by atoms with Crippen LogP contribution in [-0.2, 0) is 18.3 Å². The summed E-state index contributed by atoms with van der Waals surface area (Å²) in [6.07, 6.45) is 12.3. The lowest BCUT2D eigenvalue weighted by atomic mass is 9.48. The van der Waals surface area contributed by atoms with Crippen LogP contribution in [0.2, 0.25) is 0 Å². The van der Waals surface area contributed by atoms with E-state index in [4.69, 9.17) is 4.74 Å². The van der Waals surface area contributed by atoms with Crippen molar-refractivity contribution in [2.24, 2.45) is 11.8 Å². The lowest BCUT2D eigenvalue weighted by Gasteiger charge is -2.65. The summed E-state index contributed by atoms with van der Waals surface area (Å²) in [4.78, 5) is 5.35. The molecule has 5 atom stereocenters. The lowest BCUT2D eigenvalue weighted by molar-refractivity contribution is -0.201. The molecular weight excluding hydrogens is 508 g/mol. The molecular formula is C36H50N2O3. The molecule has 41 heavy (non-hydrogen) atoms.